The Morgan fingerprint density at radius 1 is 1.60 bits per heavy atom. The van der Waals surface area contributed by atoms with Crippen LogP contribution in [0.15, 0.2) is 0 Å². The zero-order valence-electron chi connectivity index (χ0n) is 6.84. The Labute approximate surface area is 63.4 Å². The molecule has 0 saturated carbocycles. The number of hydrogen-bond acceptors (Lipinski definition) is 2. The largest absolute Gasteiger partial charge is 0.329 e. The lowest BCUT2D eigenvalue weighted by Gasteiger charge is -2.30. The summed E-state index contributed by atoms with van der Waals surface area (Å²) in [6, 6.07) is 0. The van der Waals surface area contributed by atoms with Crippen molar-refractivity contribution in [3.63, 3.8) is 0 Å². The van der Waals surface area contributed by atoms with Crippen LogP contribution in [-0.4, -0.2) is 31.1 Å². The molecule has 2 heteroatoms. The van der Waals surface area contributed by atoms with Gasteiger partial charge in [0.15, 0.2) is 0 Å². The molecule has 1 atom stereocenters. The highest BCUT2D eigenvalue weighted by Gasteiger charge is 2.14. The molecule has 0 amide bonds. The molecule has 0 bridgehead atoms. The Bertz CT molecular complexity index is 91.3. The second kappa shape index (κ2) is 3.94. The van der Waals surface area contributed by atoms with E-state index < -0.39 is 0 Å². The molecule has 0 aromatic carbocycles. The van der Waals surface area contributed by atoms with Gasteiger partial charge < -0.3 is 10.6 Å². The van der Waals surface area contributed by atoms with E-state index in [1.54, 1.807) is 0 Å². The van der Waals surface area contributed by atoms with Gasteiger partial charge in [-0.15, -0.1) is 0 Å². The van der Waals surface area contributed by atoms with E-state index >= 15 is 0 Å². The lowest BCUT2D eigenvalue weighted by molar-refractivity contribution is 0.189. The molecule has 1 aliphatic heterocycles. The van der Waals surface area contributed by atoms with Crippen molar-refractivity contribution >= 4 is 0 Å². The van der Waals surface area contributed by atoms with Gasteiger partial charge in [0.1, 0.15) is 0 Å². The van der Waals surface area contributed by atoms with Gasteiger partial charge in [0.25, 0.3) is 0 Å². The van der Waals surface area contributed by atoms with Crippen molar-refractivity contribution in [3.05, 3.63) is 0 Å². The molecule has 1 rings (SSSR count). The molecular formula is C8H18N2. The molecule has 0 radical (unpaired) electrons. The van der Waals surface area contributed by atoms with Crippen molar-refractivity contribution in [1.82, 2.24) is 4.90 Å². The molecule has 1 unspecified atom stereocenters. The average Bonchev–Trinajstić information content (AvgIpc) is 1.88. The van der Waals surface area contributed by atoms with Gasteiger partial charge in [-0.25, -0.2) is 0 Å². The predicted octanol–water partition coefficient (Wildman–Crippen LogP) is 0.677. The Hall–Kier alpha value is -0.0800. The third-order valence-electron chi connectivity index (χ3n) is 2.19. The van der Waals surface area contributed by atoms with Gasteiger partial charge in [0.05, 0.1) is 0 Å². The van der Waals surface area contributed by atoms with Crippen LogP contribution in [0.4, 0.5) is 0 Å². The highest BCUT2D eigenvalue weighted by Crippen LogP contribution is 2.14. The van der Waals surface area contributed by atoms with Crippen LogP contribution in [0.5, 0.6) is 0 Å². The van der Waals surface area contributed by atoms with Gasteiger partial charge >= 0.3 is 0 Å². The van der Waals surface area contributed by atoms with Crippen LogP contribution in [0, 0.1) is 5.92 Å². The van der Waals surface area contributed by atoms with Crippen molar-refractivity contribution in [2.45, 2.75) is 19.8 Å². The first kappa shape index (κ1) is 8.02. The molecule has 0 aromatic heterocycles. The van der Waals surface area contributed by atoms with Gasteiger partial charge in [0.2, 0.25) is 0 Å². The highest BCUT2D eigenvalue weighted by atomic mass is 15.1. The summed E-state index contributed by atoms with van der Waals surface area (Å²) in [4.78, 5) is 2.47. The molecular weight excluding hydrogens is 124 g/mol. The molecule has 2 N–H and O–H groups in total. The van der Waals surface area contributed by atoms with Crippen molar-refractivity contribution < 1.29 is 0 Å². The lowest BCUT2D eigenvalue weighted by atomic mass is 10.0. The van der Waals surface area contributed by atoms with Crippen LogP contribution in [0.3, 0.4) is 0 Å². The second-order valence-corrected chi connectivity index (χ2v) is 3.34. The molecule has 10 heavy (non-hydrogen) atoms. The Morgan fingerprint density at radius 3 is 3.00 bits per heavy atom. The van der Waals surface area contributed by atoms with Crippen LogP contribution >= 0.6 is 0 Å². The van der Waals surface area contributed by atoms with Crippen LogP contribution in [0.25, 0.3) is 0 Å². The quantitative estimate of drug-likeness (QED) is 0.614. The Morgan fingerprint density at radius 2 is 2.40 bits per heavy atom. The molecule has 1 aliphatic rings. The van der Waals surface area contributed by atoms with E-state index in [1.165, 1.54) is 25.9 Å². The zero-order valence-corrected chi connectivity index (χ0v) is 6.84. The van der Waals surface area contributed by atoms with Crippen LogP contribution in [-0.2, 0) is 0 Å². The summed E-state index contributed by atoms with van der Waals surface area (Å²) in [5.74, 6) is 0.889. The third-order valence-corrected chi connectivity index (χ3v) is 2.19. The number of nitrogens with two attached hydrogens (primary N) is 1. The average molecular weight is 142 g/mol. The maximum absolute atomic E-state index is 5.46. The molecule has 2 nitrogen and oxygen atoms in total. The summed E-state index contributed by atoms with van der Waals surface area (Å²) >= 11 is 0. The summed E-state index contributed by atoms with van der Waals surface area (Å²) < 4.78 is 0. The van der Waals surface area contributed by atoms with Gasteiger partial charge in [0, 0.05) is 19.6 Å². The molecule has 0 spiro atoms. The molecule has 1 fully saturated rings. The van der Waals surface area contributed by atoms with Gasteiger partial charge in [-0.05, 0) is 25.3 Å². The minimum absolute atomic E-state index is 0.812. The summed E-state index contributed by atoms with van der Waals surface area (Å²) in [6.45, 7) is 6.75. The molecule has 60 valence electrons. The first-order valence-corrected chi connectivity index (χ1v) is 4.25. The van der Waals surface area contributed by atoms with Gasteiger partial charge in [-0.1, -0.05) is 6.92 Å². The van der Waals surface area contributed by atoms with Gasteiger partial charge in [-0.3, -0.25) is 0 Å². The lowest BCUT2D eigenvalue weighted by Crippen LogP contribution is -2.37. The summed E-state index contributed by atoms with van der Waals surface area (Å²) in [7, 11) is 0. The zero-order chi connectivity index (χ0) is 7.40. The summed E-state index contributed by atoms with van der Waals surface area (Å²) in [5, 5.41) is 0. The van der Waals surface area contributed by atoms with E-state index in [4.69, 9.17) is 5.73 Å². The highest BCUT2D eigenvalue weighted by molar-refractivity contribution is 4.69. The normalized spacial score (nSPS) is 28.8. The van der Waals surface area contributed by atoms with Crippen molar-refractivity contribution in [3.8, 4) is 0 Å². The van der Waals surface area contributed by atoms with E-state index in [9.17, 15) is 0 Å². The number of rotatable bonds is 2. The van der Waals surface area contributed by atoms with E-state index in [0.717, 1.165) is 19.0 Å². The van der Waals surface area contributed by atoms with Crippen molar-refractivity contribution in [2.75, 3.05) is 26.2 Å². The summed E-state index contributed by atoms with van der Waals surface area (Å²) in [6.07, 6.45) is 2.77. The Kier molecular flexibility index (Phi) is 3.16. The van der Waals surface area contributed by atoms with Crippen LogP contribution < -0.4 is 5.73 Å². The first-order chi connectivity index (χ1) is 4.83. The molecule has 1 heterocycles. The van der Waals surface area contributed by atoms with E-state index in [0.29, 0.717) is 0 Å². The van der Waals surface area contributed by atoms with Crippen LogP contribution in [0.1, 0.15) is 19.8 Å². The SMILES string of the molecule is CC1CCCN(CCN)C1. The fraction of sp³-hybridized carbons (Fsp3) is 1.00. The molecule has 1 saturated heterocycles. The molecule has 0 aromatic rings. The minimum Gasteiger partial charge on any atom is -0.329 e. The van der Waals surface area contributed by atoms with Crippen LogP contribution in [0.2, 0.25) is 0 Å². The van der Waals surface area contributed by atoms with Crippen molar-refractivity contribution in [1.29, 1.82) is 0 Å². The number of nitrogens with zero attached hydrogens (tertiary/aromatic N) is 1. The molecule has 0 aliphatic carbocycles. The third kappa shape index (κ3) is 2.27. The van der Waals surface area contributed by atoms with E-state index in [1.807, 2.05) is 0 Å². The predicted molar refractivity (Wildman–Crippen MR) is 43.9 cm³/mol. The van der Waals surface area contributed by atoms with Crippen molar-refractivity contribution in [2.24, 2.45) is 11.7 Å². The number of hydrogen-bond donors (Lipinski definition) is 1. The number of piperidine rings is 1. The fourth-order valence-corrected chi connectivity index (χ4v) is 1.67. The smallest absolute Gasteiger partial charge is 0.0105 e. The van der Waals surface area contributed by atoms with E-state index in [-0.39, 0.29) is 0 Å². The maximum atomic E-state index is 5.46. The topological polar surface area (TPSA) is 29.3 Å². The maximum Gasteiger partial charge on any atom is 0.0105 e. The van der Waals surface area contributed by atoms with E-state index in [2.05, 4.69) is 11.8 Å². The minimum atomic E-state index is 0.812. The standard InChI is InChI=1S/C8H18N2/c1-8-3-2-5-10(7-8)6-4-9/h8H,2-7,9H2,1H3. The Balaban J connectivity index is 2.18. The fourth-order valence-electron chi connectivity index (χ4n) is 1.67. The number of likely N-dealkylation sites (tertiary alicyclic amines) is 1. The monoisotopic (exact) mass is 142 g/mol. The summed E-state index contributed by atoms with van der Waals surface area (Å²) in [5.41, 5.74) is 5.46. The van der Waals surface area contributed by atoms with Gasteiger partial charge in [-0.2, -0.15) is 0 Å². The second-order valence-electron chi connectivity index (χ2n) is 3.34. The first-order valence-electron chi connectivity index (χ1n) is 4.25.